The van der Waals surface area contributed by atoms with Gasteiger partial charge in [0.05, 0.1) is 12.0 Å². The van der Waals surface area contributed by atoms with Crippen LogP contribution in [0.3, 0.4) is 0 Å². The zero-order valence-electron chi connectivity index (χ0n) is 17.5. The second-order valence-electron chi connectivity index (χ2n) is 7.56. The van der Waals surface area contributed by atoms with Crippen molar-refractivity contribution in [1.82, 2.24) is 9.62 Å². The van der Waals surface area contributed by atoms with Crippen LogP contribution in [0.1, 0.15) is 48.0 Å². The van der Waals surface area contributed by atoms with Crippen molar-refractivity contribution in [1.29, 1.82) is 0 Å². The molecule has 1 saturated heterocycles. The van der Waals surface area contributed by atoms with Gasteiger partial charge < -0.3 is 10.1 Å². The van der Waals surface area contributed by atoms with Gasteiger partial charge in [-0.1, -0.05) is 31.0 Å². The molecule has 162 valence electrons. The van der Waals surface area contributed by atoms with E-state index in [0.29, 0.717) is 25.2 Å². The molecule has 30 heavy (non-hydrogen) atoms. The lowest BCUT2D eigenvalue weighted by molar-refractivity contribution is 0.0953. The van der Waals surface area contributed by atoms with Crippen molar-refractivity contribution in [3.8, 4) is 5.75 Å². The van der Waals surface area contributed by atoms with Crippen LogP contribution in [0.4, 0.5) is 0 Å². The maximum absolute atomic E-state index is 13.0. The Morgan fingerprint density at radius 3 is 2.50 bits per heavy atom. The topological polar surface area (TPSA) is 75.7 Å². The van der Waals surface area contributed by atoms with Gasteiger partial charge >= 0.3 is 0 Å². The van der Waals surface area contributed by atoms with Crippen molar-refractivity contribution in [3.63, 3.8) is 0 Å². The number of carbonyl (C=O) groups excluding carboxylic acids is 1. The number of nitrogens with zero attached hydrogens (tertiary/aromatic N) is 1. The SMILES string of the molecule is COc1cccc(CCCNC(=O)c2cccc(S(=O)(=O)N3CCCCCC3)c2)c1. The first-order valence-electron chi connectivity index (χ1n) is 10.5. The van der Waals surface area contributed by atoms with E-state index in [1.54, 1.807) is 29.6 Å². The summed E-state index contributed by atoms with van der Waals surface area (Å²) in [6, 6.07) is 14.2. The fourth-order valence-corrected chi connectivity index (χ4v) is 5.22. The van der Waals surface area contributed by atoms with Gasteiger partial charge in [0.25, 0.3) is 5.91 Å². The Hall–Kier alpha value is -2.38. The molecule has 1 N–H and O–H groups in total. The Labute approximate surface area is 179 Å². The van der Waals surface area contributed by atoms with Gasteiger partial charge in [-0.3, -0.25) is 4.79 Å². The molecule has 0 unspecified atom stereocenters. The number of nitrogens with one attached hydrogen (secondary N) is 1. The van der Waals surface area contributed by atoms with E-state index in [0.717, 1.165) is 49.8 Å². The molecule has 1 aliphatic heterocycles. The Bertz CT molecular complexity index is 951. The molecule has 0 saturated carbocycles. The first-order valence-corrected chi connectivity index (χ1v) is 12.0. The van der Waals surface area contributed by atoms with Gasteiger partial charge in [0, 0.05) is 25.2 Å². The van der Waals surface area contributed by atoms with E-state index in [2.05, 4.69) is 5.32 Å². The third kappa shape index (κ3) is 5.83. The van der Waals surface area contributed by atoms with E-state index >= 15 is 0 Å². The lowest BCUT2D eigenvalue weighted by Gasteiger charge is -2.20. The van der Waals surface area contributed by atoms with Gasteiger partial charge in [0.2, 0.25) is 10.0 Å². The first-order chi connectivity index (χ1) is 14.5. The van der Waals surface area contributed by atoms with Gasteiger partial charge in [-0.05, 0) is 61.6 Å². The summed E-state index contributed by atoms with van der Waals surface area (Å²) in [7, 11) is -1.93. The number of benzene rings is 2. The highest BCUT2D eigenvalue weighted by molar-refractivity contribution is 7.89. The molecule has 0 spiro atoms. The molecular formula is C23H30N2O4S. The number of ether oxygens (including phenoxy) is 1. The molecule has 1 amide bonds. The van der Waals surface area contributed by atoms with Crippen molar-refractivity contribution in [2.24, 2.45) is 0 Å². The summed E-state index contributed by atoms with van der Waals surface area (Å²) in [5.41, 5.74) is 1.52. The van der Waals surface area contributed by atoms with E-state index in [1.807, 2.05) is 24.3 Å². The van der Waals surface area contributed by atoms with Crippen LogP contribution in [0, 0.1) is 0 Å². The summed E-state index contributed by atoms with van der Waals surface area (Å²) in [6.45, 7) is 1.60. The fraction of sp³-hybridized carbons (Fsp3) is 0.435. The number of sulfonamides is 1. The number of methoxy groups -OCH3 is 1. The maximum atomic E-state index is 13.0. The third-order valence-corrected chi connectivity index (χ3v) is 7.26. The third-order valence-electron chi connectivity index (χ3n) is 5.36. The molecule has 0 aromatic heterocycles. The number of amides is 1. The summed E-state index contributed by atoms with van der Waals surface area (Å²) in [5.74, 6) is 0.563. The molecule has 2 aromatic rings. The van der Waals surface area contributed by atoms with E-state index in [1.165, 1.54) is 6.07 Å². The Morgan fingerprint density at radius 1 is 1.03 bits per heavy atom. The number of rotatable bonds is 8. The monoisotopic (exact) mass is 430 g/mol. The van der Waals surface area contributed by atoms with Gasteiger partial charge in [-0.25, -0.2) is 8.42 Å². The Balaban J connectivity index is 1.57. The predicted octanol–water partition coefficient (Wildman–Crippen LogP) is 3.62. The number of aryl methyl sites for hydroxylation is 1. The minimum Gasteiger partial charge on any atom is -0.497 e. The quantitative estimate of drug-likeness (QED) is 0.649. The van der Waals surface area contributed by atoms with Gasteiger partial charge in [-0.15, -0.1) is 0 Å². The van der Waals surface area contributed by atoms with Crippen LogP contribution in [-0.2, 0) is 16.4 Å². The van der Waals surface area contributed by atoms with E-state index in [9.17, 15) is 13.2 Å². The standard InChI is InChI=1S/C23H30N2O4S/c1-29-21-12-6-9-19(17-21)10-8-14-24-23(26)20-11-7-13-22(18-20)30(27,28)25-15-4-2-3-5-16-25/h6-7,9,11-13,17-18H,2-5,8,10,14-16H2,1H3,(H,24,26). The van der Waals surface area contributed by atoms with Crippen LogP contribution in [0.2, 0.25) is 0 Å². The second kappa shape index (κ2) is 10.6. The minimum atomic E-state index is -3.57. The van der Waals surface area contributed by atoms with Crippen molar-refractivity contribution < 1.29 is 17.9 Å². The molecular weight excluding hydrogens is 400 g/mol. The van der Waals surface area contributed by atoms with Crippen LogP contribution < -0.4 is 10.1 Å². The highest BCUT2D eigenvalue weighted by Gasteiger charge is 2.25. The molecule has 3 rings (SSSR count). The summed E-state index contributed by atoms with van der Waals surface area (Å²) >= 11 is 0. The fourth-order valence-electron chi connectivity index (χ4n) is 3.65. The smallest absolute Gasteiger partial charge is 0.251 e. The van der Waals surface area contributed by atoms with Crippen molar-refractivity contribution >= 4 is 15.9 Å². The van der Waals surface area contributed by atoms with Gasteiger partial charge in [-0.2, -0.15) is 4.31 Å². The largest absolute Gasteiger partial charge is 0.497 e. The average molecular weight is 431 g/mol. The summed E-state index contributed by atoms with van der Waals surface area (Å²) in [4.78, 5) is 12.7. The minimum absolute atomic E-state index is 0.188. The van der Waals surface area contributed by atoms with Gasteiger partial charge in [0.1, 0.15) is 5.75 Å². The normalized spacial score (nSPS) is 15.4. The molecule has 1 fully saturated rings. The first kappa shape index (κ1) is 22.3. The molecule has 2 aromatic carbocycles. The van der Waals surface area contributed by atoms with Crippen LogP contribution in [-0.4, -0.2) is 45.4 Å². The molecule has 0 aliphatic carbocycles. The molecule has 1 heterocycles. The highest BCUT2D eigenvalue weighted by Crippen LogP contribution is 2.21. The molecule has 0 bridgehead atoms. The summed E-state index contributed by atoms with van der Waals surface area (Å²) in [5, 5.41) is 2.89. The number of carbonyl (C=O) groups is 1. The summed E-state index contributed by atoms with van der Waals surface area (Å²) in [6.07, 6.45) is 5.49. The van der Waals surface area contributed by atoms with Crippen LogP contribution >= 0.6 is 0 Å². The average Bonchev–Trinajstić information content (AvgIpc) is 3.07. The zero-order valence-corrected chi connectivity index (χ0v) is 18.3. The zero-order chi connectivity index (χ0) is 21.4. The highest BCUT2D eigenvalue weighted by atomic mass is 32.2. The second-order valence-corrected chi connectivity index (χ2v) is 9.50. The number of hydrogen-bond donors (Lipinski definition) is 1. The molecule has 6 nitrogen and oxygen atoms in total. The van der Waals surface area contributed by atoms with Gasteiger partial charge in [0.15, 0.2) is 0 Å². The van der Waals surface area contributed by atoms with Crippen molar-refractivity contribution in [2.45, 2.75) is 43.4 Å². The lowest BCUT2D eigenvalue weighted by Crippen LogP contribution is -2.32. The van der Waals surface area contributed by atoms with Crippen LogP contribution in [0.5, 0.6) is 5.75 Å². The predicted molar refractivity (Wildman–Crippen MR) is 117 cm³/mol. The Morgan fingerprint density at radius 2 is 1.77 bits per heavy atom. The molecule has 0 atom stereocenters. The molecule has 7 heteroatoms. The van der Waals surface area contributed by atoms with Crippen molar-refractivity contribution in [3.05, 3.63) is 59.7 Å². The van der Waals surface area contributed by atoms with Crippen LogP contribution in [0.25, 0.3) is 0 Å². The Kier molecular flexibility index (Phi) is 7.87. The number of hydrogen-bond acceptors (Lipinski definition) is 4. The molecule has 1 aliphatic rings. The summed E-state index contributed by atoms with van der Waals surface area (Å²) < 4.78 is 32.7. The van der Waals surface area contributed by atoms with Crippen molar-refractivity contribution in [2.75, 3.05) is 26.7 Å². The van der Waals surface area contributed by atoms with E-state index in [4.69, 9.17) is 4.74 Å². The van der Waals surface area contributed by atoms with E-state index < -0.39 is 10.0 Å². The van der Waals surface area contributed by atoms with E-state index in [-0.39, 0.29) is 10.8 Å². The van der Waals surface area contributed by atoms with Crippen LogP contribution in [0.15, 0.2) is 53.4 Å². The maximum Gasteiger partial charge on any atom is 0.251 e. The molecule has 0 radical (unpaired) electrons. The lowest BCUT2D eigenvalue weighted by atomic mass is 10.1.